The topological polar surface area (TPSA) is 60.7 Å². The zero-order valence-electron chi connectivity index (χ0n) is 12.1. The molecule has 0 atom stereocenters. The Hall–Kier alpha value is -2.01. The van der Waals surface area contributed by atoms with Crippen molar-refractivity contribution in [2.45, 2.75) is 25.9 Å². The van der Waals surface area contributed by atoms with Crippen LogP contribution < -0.4 is 10.1 Å². The van der Waals surface area contributed by atoms with Crippen LogP contribution in [0.25, 0.3) is 11.0 Å². The van der Waals surface area contributed by atoms with Crippen LogP contribution in [0.2, 0.25) is 0 Å². The predicted molar refractivity (Wildman–Crippen MR) is 75.7 cm³/mol. The first-order valence-electron chi connectivity index (χ1n) is 6.37. The van der Waals surface area contributed by atoms with Crippen LogP contribution in [0, 0.1) is 0 Å². The van der Waals surface area contributed by atoms with E-state index in [-0.39, 0.29) is 5.97 Å². The lowest BCUT2D eigenvalue weighted by Crippen LogP contribution is -2.46. The molecule has 0 bridgehead atoms. The van der Waals surface area contributed by atoms with Gasteiger partial charge >= 0.3 is 5.97 Å². The minimum Gasteiger partial charge on any atom is -0.493 e. The van der Waals surface area contributed by atoms with Crippen molar-refractivity contribution in [2.75, 3.05) is 14.2 Å². The number of esters is 1. The highest BCUT2D eigenvalue weighted by Gasteiger charge is 2.28. The van der Waals surface area contributed by atoms with Crippen LogP contribution in [-0.2, 0) is 16.1 Å². The Labute approximate surface area is 117 Å². The van der Waals surface area contributed by atoms with Gasteiger partial charge in [0.25, 0.3) is 0 Å². The van der Waals surface area contributed by atoms with Crippen molar-refractivity contribution in [3.63, 3.8) is 0 Å². The molecule has 5 nitrogen and oxygen atoms in total. The molecule has 1 heterocycles. The monoisotopic (exact) mass is 277 g/mol. The van der Waals surface area contributed by atoms with Gasteiger partial charge in [0.2, 0.25) is 0 Å². The summed E-state index contributed by atoms with van der Waals surface area (Å²) >= 11 is 0. The summed E-state index contributed by atoms with van der Waals surface area (Å²) in [5.74, 6) is 1.12. The molecule has 108 valence electrons. The molecule has 0 saturated carbocycles. The zero-order chi connectivity index (χ0) is 14.8. The van der Waals surface area contributed by atoms with Gasteiger partial charge in [-0.25, -0.2) is 0 Å². The first-order chi connectivity index (χ1) is 9.47. The number of nitrogens with one attached hydrogen (secondary N) is 1. The first kappa shape index (κ1) is 14.4. The molecular formula is C15H19NO4. The second kappa shape index (κ2) is 5.54. The van der Waals surface area contributed by atoms with Gasteiger partial charge in [-0.2, -0.15) is 0 Å². The number of hydrogen-bond donors (Lipinski definition) is 1. The Bertz CT molecular complexity index is 615. The molecular weight excluding hydrogens is 258 g/mol. The van der Waals surface area contributed by atoms with E-state index in [1.54, 1.807) is 21.0 Å². The summed E-state index contributed by atoms with van der Waals surface area (Å²) in [6, 6.07) is 7.64. The van der Waals surface area contributed by atoms with E-state index in [4.69, 9.17) is 13.9 Å². The van der Waals surface area contributed by atoms with Gasteiger partial charge in [0.15, 0.2) is 11.3 Å². The summed E-state index contributed by atoms with van der Waals surface area (Å²) in [4.78, 5) is 11.6. The average molecular weight is 277 g/mol. The van der Waals surface area contributed by atoms with E-state index in [0.29, 0.717) is 17.9 Å². The molecule has 0 radical (unpaired) electrons. The maximum atomic E-state index is 11.6. The van der Waals surface area contributed by atoms with Gasteiger partial charge in [-0.05, 0) is 26.0 Å². The fourth-order valence-corrected chi connectivity index (χ4v) is 1.97. The summed E-state index contributed by atoms with van der Waals surface area (Å²) in [5.41, 5.74) is -0.0553. The molecule has 5 heteroatoms. The molecule has 0 saturated heterocycles. The van der Waals surface area contributed by atoms with Crippen LogP contribution in [0.5, 0.6) is 5.75 Å². The maximum absolute atomic E-state index is 11.6. The van der Waals surface area contributed by atoms with Crippen LogP contribution in [0.3, 0.4) is 0 Å². The molecule has 0 aliphatic carbocycles. The number of fused-ring (bicyclic) bond motifs is 1. The molecule has 1 aromatic heterocycles. The first-order valence-corrected chi connectivity index (χ1v) is 6.37. The standard InChI is InChI=1S/C15H19NO4/c1-15(2,14(17)19-4)16-9-11-8-10-6-5-7-12(18-3)13(10)20-11/h5-8,16H,9H2,1-4H3. The maximum Gasteiger partial charge on any atom is 0.325 e. The number of furan rings is 1. The SMILES string of the molecule is COC(=O)C(C)(C)NCc1cc2cccc(OC)c2o1. The third-order valence-electron chi connectivity index (χ3n) is 3.18. The normalized spacial score (nSPS) is 11.6. The van der Waals surface area contributed by atoms with Crippen LogP contribution in [0.15, 0.2) is 28.7 Å². The molecule has 0 fully saturated rings. The minimum atomic E-state index is -0.766. The molecule has 20 heavy (non-hydrogen) atoms. The third-order valence-corrected chi connectivity index (χ3v) is 3.18. The van der Waals surface area contributed by atoms with Crippen molar-refractivity contribution in [2.24, 2.45) is 0 Å². The predicted octanol–water partition coefficient (Wildman–Crippen LogP) is 2.48. The Morgan fingerprint density at radius 2 is 2.10 bits per heavy atom. The molecule has 1 N–H and O–H groups in total. The summed E-state index contributed by atoms with van der Waals surface area (Å²) in [6.45, 7) is 3.96. The van der Waals surface area contributed by atoms with Crippen LogP contribution >= 0.6 is 0 Å². The van der Waals surface area contributed by atoms with E-state index < -0.39 is 5.54 Å². The Balaban J connectivity index is 2.17. The van der Waals surface area contributed by atoms with E-state index in [1.807, 2.05) is 24.3 Å². The fraction of sp³-hybridized carbons (Fsp3) is 0.400. The number of para-hydroxylation sites is 1. The number of carbonyl (C=O) groups is 1. The van der Waals surface area contributed by atoms with Gasteiger partial charge in [-0.1, -0.05) is 12.1 Å². The lowest BCUT2D eigenvalue weighted by molar-refractivity contribution is -0.147. The van der Waals surface area contributed by atoms with E-state index in [2.05, 4.69) is 5.32 Å². The molecule has 0 aliphatic rings. The van der Waals surface area contributed by atoms with Crippen molar-refractivity contribution < 1.29 is 18.7 Å². The number of benzene rings is 1. The lowest BCUT2D eigenvalue weighted by atomic mass is 10.1. The number of hydrogen-bond acceptors (Lipinski definition) is 5. The molecule has 2 aromatic rings. The molecule has 0 amide bonds. The molecule has 0 spiro atoms. The summed E-state index contributed by atoms with van der Waals surface area (Å²) in [5, 5.41) is 4.08. The van der Waals surface area contributed by atoms with E-state index in [9.17, 15) is 4.79 Å². The average Bonchev–Trinajstić information content (AvgIpc) is 2.87. The van der Waals surface area contributed by atoms with Crippen molar-refractivity contribution in [3.8, 4) is 5.75 Å². The molecule has 2 rings (SSSR count). The smallest absolute Gasteiger partial charge is 0.325 e. The quantitative estimate of drug-likeness (QED) is 0.851. The Morgan fingerprint density at radius 1 is 1.35 bits per heavy atom. The Morgan fingerprint density at radius 3 is 2.75 bits per heavy atom. The van der Waals surface area contributed by atoms with Crippen molar-refractivity contribution >= 4 is 16.9 Å². The van der Waals surface area contributed by atoms with Crippen LogP contribution in [0.4, 0.5) is 0 Å². The van der Waals surface area contributed by atoms with Crippen molar-refractivity contribution in [1.82, 2.24) is 5.32 Å². The highest BCUT2D eigenvalue weighted by Crippen LogP contribution is 2.28. The number of ether oxygens (including phenoxy) is 2. The third kappa shape index (κ3) is 2.77. The Kier molecular flexibility index (Phi) is 3.99. The minimum absolute atomic E-state index is 0.314. The largest absolute Gasteiger partial charge is 0.493 e. The van der Waals surface area contributed by atoms with Gasteiger partial charge in [0.05, 0.1) is 20.8 Å². The van der Waals surface area contributed by atoms with E-state index in [0.717, 1.165) is 11.1 Å². The lowest BCUT2D eigenvalue weighted by Gasteiger charge is -2.22. The van der Waals surface area contributed by atoms with Gasteiger partial charge < -0.3 is 13.9 Å². The number of methoxy groups -OCH3 is 2. The molecule has 0 unspecified atom stereocenters. The summed E-state index contributed by atoms with van der Waals surface area (Å²) in [6.07, 6.45) is 0. The second-order valence-electron chi connectivity index (χ2n) is 5.06. The summed E-state index contributed by atoms with van der Waals surface area (Å²) in [7, 11) is 2.98. The van der Waals surface area contributed by atoms with Gasteiger partial charge in [0.1, 0.15) is 11.3 Å². The number of carbonyl (C=O) groups excluding carboxylic acids is 1. The van der Waals surface area contributed by atoms with Crippen LogP contribution in [-0.4, -0.2) is 25.7 Å². The molecule has 1 aromatic carbocycles. The summed E-state index contributed by atoms with van der Waals surface area (Å²) < 4.78 is 15.8. The number of rotatable bonds is 5. The molecule has 0 aliphatic heterocycles. The second-order valence-corrected chi connectivity index (χ2v) is 5.06. The van der Waals surface area contributed by atoms with Gasteiger partial charge in [-0.3, -0.25) is 10.1 Å². The van der Waals surface area contributed by atoms with Crippen LogP contribution in [0.1, 0.15) is 19.6 Å². The van der Waals surface area contributed by atoms with Gasteiger partial charge in [0, 0.05) is 5.39 Å². The van der Waals surface area contributed by atoms with Crippen molar-refractivity contribution in [1.29, 1.82) is 0 Å². The highest BCUT2D eigenvalue weighted by molar-refractivity contribution is 5.83. The van der Waals surface area contributed by atoms with E-state index in [1.165, 1.54) is 7.11 Å². The fourth-order valence-electron chi connectivity index (χ4n) is 1.97. The van der Waals surface area contributed by atoms with Gasteiger partial charge in [-0.15, -0.1) is 0 Å². The zero-order valence-corrected chi connectivity index (χ0v) is 12.1. The van der Waals surface area contributed by atoms with E-state index >= 15 is 0 Å². The highest BCUT2D eigenvalue weighted by atomic mass is 16.5. The van der Waals surface area contributed by atoms with Crippen molar-refractivity contribution in [3.05, 3.63) is 30.0 Å².